The van der Waals surface area contributed by atoms with Gasteiger partial charge in [0.1, 0.15) is 12.0 Å². The van der Waals surface area contributed by atoms with Crippen molar-refractivity contribution in [1.82, 2.24) is 4.98 Å². The molecule has 0 N–H and O–H groups in total. The summed E-state index contributed by atoms with van der Waals surface area (Å²) in [4.78, 5) is 14.4. The monoisotopic (exact) mass is 201 g/mol. The topological polar surface area (TPSA) is 43.1 Å². The van der Waals surface area contributed by atoms with Gasteiger partial charge in [-0.25, -0.2) is 4.98 Å². The first-order chi connectivity index (χ1) is 7.28. The van der Waals surface area contributed by atoms with E-state index in [4.69, 9.17) is 4.42 Å². The molecular weight excluding hydrogens is 190 g/mol. The highest BCUT2D eigenvalue weighted by Gasteiger charge is 2.03. The van der Waals surface area contributed by atoms with E-state index in [0.29, 0.717) is 24.3 Å². The normalized spacial score (nSPS) is 10.2. The number of oxazole rings is 1. The second-order valence-electron chi connectivity index (χ2n) is 3.45. The zero-order chi connectivity index (χ0) is 10.7. The molecule has 0 amide bonds. The number of nitrogens with zero attached hydrogens (tertiary/aromatic N) is 1. The first-order valence-corrected chi connectivity index (χ1v) is 4.73. The Kier molecular flexibility index (Phi) is 2.63. The molecule has 1 aromatic carbocycles. The summed E-state index contributed by atoms with van der Waals surface area (Å²) in [5.41, 5.74) is 2.68. The lowest BCUT2D eigenvalue weighted by atomic mass is 10.1. The number of aldehydes is 1. The summed E-state index contributed by atoms with van der Waals surface area (Å²) in [6.45, 7) is 2.04. The van der Waals surface area contributed by atoms with Crippen molar-refractivity contribution in [3.8, 4) is 0 Å². The number of hydrogen-bond acceptors (Lipinski definition) is 3. The van der Waals surface area contributed by atoms with E-state index < -0.39 is 0 Å². The second-order valence-corrected chi connectivity index (χ2v) is 3.45. The average Bonchev–Trinajstić information content (AvgIpc) is 2.65. The van der Waals surface area contributed by atoms with Crippen molar-refractivity contribution in [3.05, 3.63) is 53.2 Å². The van der Waals surface area contributed by atoms with Gasteiger partial charge >= 0.3 is 0 Å². The summed E-state index contributed by atoms with van der Waals surface area (Å²) in [6.07, 6.45) is 2.68. The number of aryl methyl sites for hydroxylation is 1. The molecule has 1 aromatic heterocycles. The summed E-state index contributed by atoms with van der Waals surface area (Å²) in [6, 6.07) is 8.12. The summed E-state index contributed by atoms with van der Waals surface area (Å²) in [7, 11) is 0. The molecule has 0 radical (unpaired) electrons. The van der Waals surface area contributed by atoms with Gasteiger partial charge < -0.3 is 4.42 Å². The molecular formula is C12H11NO2. The molecule has 3 heteroatoms. The van der Waals surface area contributed by atoms with E-state index in [9.17, 15) is 4.79 Å². The van der Waals surface area contributed by atoms with Crippen LogP contribution in [0.3, 0.4) is 0 Å². The Morgan fingerprint density at radius 2 is 2.33 bits per heavy atom. The lowest BCUT2D eigenvalue weighted by molar-refractivity contribution is 0.111. The van der Waals surface area contributed by atoms with Crippen LogP contribution in [0.15, 0.2) is 34.9 Å². The Morgan fingerprint density at radius 1 is 1.47 bits per heavy atom. The molecule has 0 fully saturated rings. The van der Waals surface area contributed by atoms with Crippen molar-refractivity contribution in [2.45, 2.75) is 13.3 Å². The largest absolute Gasteiger partial charge is 0.448 e. The molecule has 0 aliphatic carbocycles. The van der Waals surface area contributed by atoms with E-state index in [0.717, 1.165) is 5.56 Å². The Balaban J connectivity index is 2.18. The molecule has 0 aliphatic heterocycles. The Bertz CT molecular complexity index is 474. The predicted molar refractivity (Wildman–Crippen MR) is 55.9 cm³/mol. The Labute approximate surface area is 87.8 Å². The fourth-order valence-electron chi connectivity index (χ4n) is 1.46. The van der Waals surface area contributed by atoms with Crippen LogP contribution in [0, 0.1) is 6.92 Å². The second kappa shape index (κ2) is 4.09. The van der Waals surface area contributed by atoms with Crippen molar-refractivity contribution in [1.29, 1.82) is 0 Å². The first-order valence-electron chi connectivity index (χ1n) is 4.73. The standard InChI is InChI=1S/C12H11NO2/c1-9-3-2-4-10(5-9)6-12-13-11(7-14)8-15-12/h2-5,7-8H,6H2,1H3. The third-order valence-electron chi connectivity index (χ3n) is 2.13. The van der Waals surface area contributed by atoms with E-state index in [1.54, 1.807) is 0 Å². The minimum atomic E-state index is 0.345. The van der Waals surface area contributed by atoms with Crippen LogP contribution >= 0.6 is 0 Å². The quantitative estimate of drug-likeness (QED) is 0.716. The maximum Gasteiger partial charge on any atom is 0.199 e. The molecule has 76 valence electrons. The zero-order valence-electron chi connectivity index (χ0n) is 8.43. The molecule has 0 atom stereocenters. The van der Waals surface area contributed by atoms with Gasteiger partial charge in [-0.3, -0.25) is 4.79 Å². The lowest BCUT2D eigenvalue weighted by Crippen LogP contribution is -1.89. The van der Waals surface area contributed by atoms with Crippen molar-refractivity contribution < 1.29 is 9.21 Å². The Hall–Kier alpha value is -1.90. The SMILES string of the molecule is Cc1cccc(Cc2nc(C=O)co2)c1. The van der Waals surface area contributed by atoms with Crippen LogP contribution in [0.2, 0.25) is 0 Å². The number of aromatic nitrogens is 1. The van der Waals surface area contributed by atoms with E-state index in [1.807, 2.05) is 25.1 Å². The minimum absolute atomic E-state index is 0.345. The van der Waals surface area contributed by atoms with Crippen LogP contribution in [0.5, 0.6) is 0 Å². The van der Waals surface area contributed by atoms with Gasteiger partial charge in [-0.05, 0) is 12.5 Å². The van der Waals surface area contributed by atoms with Crippen LogP contribution < -0.4 is 0 Å². The van der Waals surface area contributed by atoms with Crippen LogP contribution in [0.1, 0.15) is 27.5 Å². The van der Waals surface area contributed by atoms with E-state index >= 15 is 0 Å². The number of benzene rings is 1. The first kappa shape index (κ1) is 9.65. The van der Waals surface area contributed by atoms with Gasteiger partial charge in [0, 0.05) is 6.42 Å². The highest BCUT2D eigenvalue weighted by Crippen LogP contribution is 2.10. The van der Waals surface area contributed by atoms with Crippen molar-refractivity contribution in [3.63, 3.8) is 0 Å². The number of carbonyl (C=O) groups excluding carboxylic acids is 1. The van der Waals surface area contributed by atoms with Gasteiger partial charge in [-0.2, -0.15) is 0 Å². The van der Waals surface area contributed by atoms with Gasteiger partial charge in [0.05, 0.1) is 0 Å². The summed E-state index contributed by atoms with van der Waals surface area (Å²) >= 11 is 0. The van der Waals surface area contributed by atoms with Crippen LogP contribution in [0.4, 0.5) is 0 Å². The van der Waals surface area contributed by atoms with Crippen LogP contribution in [-0.2, 0) is 6.42 Å². The number of hydrogen-bond donors (Lipinski definition) is 0. The molecule has 15 heavy (non-hydrogen) atoms. The van der Waals surface area contributed by atoms with E-state index in [2.05, 4.69) is 11.1 Å². The lowest BCUT2D eigenvalue weighted by Gasteiger charge is -1.98. The van der Waals surface area contributed by atoms with Gasteiger partial charge in [0.15, 0.2) is 12.2 Å². The maximum absolute atomic E-state index is 10.4. The molecule has 0 bridgehead atoms. The fraction of sp³-hybridized carbons (Fsp3) is 0.167. The molecule has 0 saturated heterocycles. The summed E-state index contributed by atoms with van der Waals surface area (Å²) in [5, 5.41) is 0. The molecule has 1 heterocycles. The summed E-state index contributed by atoms with van der Waals surface area (Å²) < 4.78 is 5.16. The van der Waals surface area contributed by atoms with Gasteiger partial charge in [-0.1, -0.05) is 29.8 Å². The number of carbonyl (C=O) groups is 1. The molecule has 0 aliphatic rings. The molecule has 3 nitrogen and oxygen atoms in total. The number of rotatable bonds is 3. The zero-order valence-corrected chi connectivity index (χ0v) is 8.43. The third kappa shape index (κ3) is 2.31. The van der Waals surface area contributed by atoms with Crippen molar-refractivity contribution in [2.75, 3.05) is 0 Å². The maximum atomic E-state index is 10.4. The van der Waals surface area contributed by atoms with E-state index in [1.165, 1.54) is 11.8 Å². The molecule has 0 spiro atoms. The predicted octanol–water partition coefficient (Wildman–Crippen LogP) is 2.39. The molecule has 0 saturated carbocycles. The third-order valence-corrected chi connectivity index (χ3v) is 2.13. The highest BCUT2D eigenvalue weighted by molar-refractivity contribution is 5.70. The van der Waals surface area contributed by atoms with Gasteiger partial charge in [0.25, 0.3) is 0 Å². The van der Waals surface area contributed by atoms with Gasteiger partial charge in [-0.15, -0.1) is 0 Å². The van der Waals surface area contributed by atoms with E-state index in [-0.39, 0.29) is 0 Å². The smallest absolute Gasteiger partial charge is 0.199 e. The fourth-order valence-corrected chi connectivity index (χ4v) is 1.46. The average molecular weight is 201 g/mol. The minimum Gasteiger partial charge on any atom is -0.448 e. The highest BCUT2D eigenvalue weighted by atomic mass is 16.3. The molecule has 0 unspecified atom stereocenters. The van der Waals surface area contributed by atoms with Crippen LogP contribution in [0.25, 0.3) is 0 Å². The van der Waals surface area contributed by atoms with Crippen molar-refractivity contribution >= 4 is 6.29 Å². The molecule has 2 aromatic rings. The molecule has 2 rings (SSSR count). The van der Waals surface area contributed by atoms with Crippen molar-refractivity contribution in [2.24, 2.45) is 0 Å². The Morgan fingerprint density at radius 3 is 3.00 bits per heavy atom. The van der Waals surface area contributed by atoms with Crippen LogP contribution in [-0.4, -0.2) is 11.3 Å². The van der Waals surface area contributed by atoms with Gasteiger partial charge in [0.2, 0.25) is 0 Å². The summed E-state index contributed by atoms with van der Waals surface area (Å²) in [5.74, 6) is 0.572.